The highest BCUT2D eigenvalue weighted by Gasteiger charge is 2.51. The Morgan fingerprint density at radius 2 is 1.96 bits per heavy atom. The van der Waals surface area contributed by atoms with Crippen LogP contribution in [0.5, 0.6) is 0 Å². The van der Waals surface area contributed by atoms with Crippen LogP contribution >= 0.6 is 11.6 Å². The van der Waals surface area contributed by atoms with Crippen molar-refractivity contribution in [3.63, 3.8) is 0 Å². The minimum atomic E-state index is -4.51. The fraction of sp³-hybridized carbons (Fsp3) is 0.278. The Labute approximate surface area is 152 Å². The van der Waals surface area contributed by atoms with Gasteiger partial charge in [0.1, 0.15) is 16.4 Å². The minimum Gasteiger partial charge on any atom is -0.373 e. The zero-order valence-corrected chi connectivity index (χ0v) is 14.4. The highest BCUT2D eigenvalue weighted by Crippen LogP contribution is 2.49. The largest absolute Gasteiger partial charge is 0.416 e. The molecule has 2 aromatic rings. The first-order valence-corrected chi connectivity index (χ1v) is 8.34. The summed E-state index contributed by atoms with van der Waals surface area (Å²) in [6.07, 6.45) is -3.75. The number of amidine groups is 1. The highest BCUT2D eigenvalue weighted by molar-refractivity contribution is 6.29. The van der Waals surface area contributed by atoms with Crippen molar-refractivity contribution in [1.29, 1.82) is 0 Å². The number of benzene rings is 1. The van der Waals surface area contributed by atoms with Gasteiger partial charge in [0.05, 0.1) is 5.56 Å². The van der Waals surface area contributed by atoms with Gasteiger partial charge in [-0.05, 0) is 42.2 Å². The van der Waals surface area contributed by atoms with E-state index < -0.39 is 23.1 Å². The van der Waals surface area contributed by atoms with Gasteiger partial charge in [-0.1, -0.05) is 23.7 Å². The maximum Gasteiger partial charge on any atom is 0.416 e. The lowest BCUT2D eigenvalue weighted by Gasteiger charge is -2.33. The summed E-state index contributed by atoms with van der Waals surface area (Å²) >= 11 is 5.94. The SMILES string of the molecule is CNC1=NC(=O)C2(CCc3nc(Cl)ccc32)c2cc(C(F)(F)F)ccc21. The summed E-state index contributed by atoms with van der Waals surface area (Å²) < 4.78 is 39.9. The Hall–Kier alpha value is -2.41. The summed E-state index contributed by atoms with van der Waals surface area (Å²) in [7, 11) is 1.58. The number of hydrogen-bond acceptors (Lipinski definition) is 3. The van der Waals surface area contributed by atoms with E-state index in [1.54, 1.807) is 19.2 Å². The first-order chi connectivity index (χ1) is 12.3. The van der Waals surface area contributed by atoms with E-state index in [2.05, 4.69) is 15.3 Å². The molecule has 2 aliphatic rings. The molecule has 0 saturated carbocycles. The van der Waals surface area contributed by atoms with Crippen LogP contribution in [0.25, 0.3) is 0 Å². The zero-order valence-electron chi connectivity index (χ0n) is 13.6. The number of rotatable bonds is 0. The van der Waals surface area contributed by atoms with Gasteiger partial charge < -0.3 is 5.32 Å². The van der Waals surface area contributed by atoms with Gasteiger partial charge in [0.15, 0.2) is 0 Å². The summed E-state index contributed by atoms with van der Waals surface area (Å²) in [4.78, 5) is 21.4. The second-order valence-corrected chi connectivity index (χ2v) is 6.69. The van der Waals surface area contributed by atoms with Gasteiger partial charge in [-0.15, -0.1) is 0 Å². The standard InChI is InChI=1S/C18H13ClF3N3O/c1-23-15-10-3-2-9(18(20,21)22)8-12(10)17(16(26)25-15)7-6-13-11(17)4-5-14(19)24-13/h2-5,8H,6-7H2,1H3,(H,23,25,26). The number of carbonyl (C=O) groups excluding carboxylic acids is 1. The molecule has 2 heterocycles. The molecular weight excluding hydrogens is 367 g/mol. The van der Waals surface area contributed by atoms with E-state index in [9.17, 15) is 18.0 Å². The molecule has 1 aliphatic carbocycles. The van der Waals surface area contributed by atoms with Crippen LogP contribution in [0.4, 0.5) is 13.2 Å². The van der Waals surface area contributed by atoms with Crippen LogP contribution in [0, 0.1) is 0 Å². The Bertz CT molecular complexity index is 971. The predicted octanol–water partition coefficient (Wildman–Crippen LogP) is 3.49. The average molecular weight is 380 g/mol. The Morgan fingerprint density at radius 3 is 2.65 bits per heavy atom. The molecule has 1 atom stereocenters. The minimum absolute atomic E-state index is 0.264. The van der Waals surface area contributed by atoms with Crippen molar-refractivity contribution >= 4 is 23.3 Å². The van der Waals surface area contributed by atoms with Gasteiger partial charge >= 0.3 is 6.18 Å². The van der Waals surface area contributed by atoms with Crippen molar-refractivity contribution < 1.29 is 18.0 Å². The molecule has 1 amide bonds. The van der Waals surface area contributed by atoms with Gasteiger partial charge in [-0.3, -0.25) is 4.79 Å². The Morgan fingerprint density at radius 1 is 1.19 bits per heavy atom. The number of fused-ring (bicyclic) bond motifs is 4. The van der Waals surface area contributed by atoms with Crippen molar-refractivity contribution in [2.24, 2.45) is 4.99 Å². The number of pyridine rings is 1. The number of carbonyl (C=O) groups is 1. The van der Waals surface area contributed by atoms with Crippen LogP contribution in [0.15, 0.2) is 35.3 Å². The maximum atomic E-state index is 13.3. The molecule has 4 nitrogen and oxygen atoms in total. The molecule has 1 N–H and O–H groups in total. The summed E-state index contributed by atoms with van der Waals surface area (Å²) in [6.45, 7) is 0. The fourth-order valence-electron chi connectivity index (χ4n) is 3.84. The van der Waals surface area contributed by atoms with Crippen LogP contribution < -0.4 is 5.32 Å². The molecule has 1 aromatic carbocycles. The van der Waals surface area contributed by atoms with E-state index in [0.29, 0.717) is 35.2 Å². The lowest BCUT2D eigenvalue weighted by molar-refractivity contribution is -0.137. The molecule has 134 valence electrons. The number of nitrogens with zero attached hydrogens (tertiary/aromatic N) is 2. The first-order valence-electron chi connectivity index (χ1n) is 7.96. The van der Waals surface area contributed by atoms with Gasteiger partial charge in [0, 0.05) is 18.3 Å². The van der Waals surface area contributed by atoms with Crippen molar-refractivity contribution in [2.45, 2.75) is 24.4 Å². The number of amides is 1. The molecule has 8 heteroatoms. The zero-order chi connectivity index (χ0) is 18.7. The number of aliphatic imine (C=N–C) groups is 1. The molecule has 1 unspecified atom stereocenters. The van der Waals surface area contributed by atoms with Gasteiger partial charge in [-0.25, -0.2) is 4.98 Å². The highest BCUT2D eigenvalue weighted by atomic mass is 35.5. The van der Waals surface area contributed by atoms with Crippen LogP contribution in [0.3, 0.4) is 0 Å². The number of aryl methyl sites for hydroxylation is 1. The van der Waals surface area contributed by atoms with E-state index in [4.69, 9.17) is 11.6 Å². The third-order valence-corrected chi connectivity index (χ3v) is 5.22. The average Bonchev–Trinajstić information content (AvgIpc) is 2.96. The normalized spacial score (nSPS) is 21.4. The molecule has 1 aromatic heterocycles. The van der Waals surface area contributed by atoms with E-state index >= 15 is 0 Å². The molecule has 4 rings (SSSR count). The topological polar surface area (TPSA) is 54.4 Å². The third kappa shape index (κ3) is 2.26. The summed E-state index contributed by atoms with van der Waals surface area (Å²) in [6, 6.07) is 6.64. The van der Waals surface area contributed by atoms with Crippen molar-refractivity contribution in [3.05, 3.63) is 63.4 Å². The predicted molar refractivity (Wildman–Crippen MR) is 90.4 cm³/mol. The monoisotopic (exact) mass is 379 g/mol. The maximum absolute atomic E-state index is 13.3. The number of nitrogens with one attached hydrogen (secondary N) is 1. The van der Waals surface area contributed by atoms with Crippen LogP contribution in [-0.4, -0.2) is 23.8 Å². The smallest absolute Gasteiger partial charge is 0.373 e. The van der Waals surface area contributed by atoms with Crippen molar-refractivity contribution in [2.75, 3.05) is 7.05 Å². The molecule has 26 heavy (non-hydrogen) atoms. The summed E-state index contributed by atoms with van der Waals surface area (Å²) in [5.41, 5.74) is -0.0635. The lowest BCUT2D eigenvalue weighted by atomic mass is 9.71. The molecule has 0 saturated heterocycles. The van der Waals surface area contributed by atoms with Crippen molar-refractivity contribution in [3.8, 4) is 0 Å². The van der Waals surface area contributed by atoms with E-state index in [1.807, 2.05) is 0 Å². The van der Waals surface area contributed by atoms with Crippen LogP contribution in [0.1, 0.15) is 34.4 Å². The van der Waals surface area contributed by atoms with Gasteiger partial charge in [0.25, 0.3) is 5.91 Å². The number of halogens is 4. The van der Waals surface area contributed by atoms with E-state index in [-0.39, 0.29) is 11.0 Å². The van der Waals surface area contributed by atoms with Gasteiger partial charge in [0.2, 0.25) is 0 Å². The quantitative estimate of drug-likeness (QED) is 0.713. The molecule has 1 aliphatic heterocycles. The Kier molecular flexibility index (Phi) is 3.63. The number of hydrogen-bond donors (Lipinski definition) is 1. The lowest BCUT2D eigenvalue weighted by Crippen LogP contribution is -2.42. The van der Waals surface area contributed by atoms with Crippen LogP contribution in [0.2, 0.25) is 5.15 Å². The fourth-order valence-corrected chi connectivity index (χ4v) is 4.00. The molecule has 1 spiro atoms. The van der Waals surface area contributed by atoms with E-state index in [1.165, 1.54) is 6.07 Å². The van der Waals surface area contributed by atoms with Crippen molar-refractivity contribution in [1.82, 2.24) is 10.3 Å². The Balaban J connectivity index is 2.03. The van der Waals surface area contributed by atoms with E-state index in [0.717, 1.165) is 12.1 Å². The number of alkyl halides is 3. The molecule has 0 fully saturated rings. The molecule has 0 radical (unpaired) electrons. The summed E-state index contributed by atoms with van der Waals surface area (Å²) in [5, 5.41) is 3.08. The first kappa shape index (κ1) is 17.0. The second kappa shape index (κ2) is 5.54. The van der Waals surface area contributed by atoms with Gasteiger partial charge in [-0.2, -0.15) is 18.2 Å². The number of aromatic nitrogens is 1. The van der Waals surface area contributed by atoms with Crippen LogP contribution in [-0.2, 0) is 22.8 Å². The third-order valence-electron chi connectivity index (χ3n) is 5.01. The summed E-state index contributed by atoms with van der Waals surface area (Å²) in [5.74, 6) is -0.226. The molecule has 0 bridgehead atoms. The second-order valence-electron chi connectivity index (χ2n) is 6.31. The molecular formula is C18H13ClF3N3O.